The standard InChI is InChI=1S/C17H17Br/c1-16(2,18)17(3)14-10-6-4-8-12(14)13-9-5-7-11-15(13)17/h4-11H,1-3H3/i1D3,2D3. The van der Waals surface area contributed by atoms with Gasteiger partial charge >= 0.3 is 0 Å². The zero-order valence-corrected chi connectivity index (χ0v) is 11.6. The van der Waals surface area contributed by atoms with Gasteiger partial charge in [0.05, 0.1) is 0 Å². The SMILES string of the molecule is [2H]C([2H])([2H])C(Br)(C([2H])([2H])[2H])C1(C)c2ccccc2-c2ccccc21. The van der Waals surface area contributed by atoms with E-state index in [2.05, 4.69) is 15.9 Å². The number of alkyl halides is 1. The van der Waals surface area contributed by atoms with Crippen molar-refractivity contribution in [3.63, 3.8) is 0 Å². The van der Waals surface area contributed by atoms with Crippen molar-refractivity contribution in [2.24, 2.45) is 0 Å². The molecule has 3 rings (SSSR count). The van der Waals surface area contributed by atoms with Gasteiger partial charge in [0.1, 0.15) is 0 Å². The van der Waals surface area contributed by atoms with Crippen LogP contribution in [0.1, 0.15) is 40.0 Å². The summed E-state index contributed by atoms with van der Waals surface area (Å²) < 4.78 is 46.1. The third-order valence-electron chi connectivity index (χ3n) is 3.91. The summed E-state index contributed by atoms with van der Waals surface area (Å²) in [5.74, 6) is 0. The molecule has 0 radical (unpaired) electrons. The van der Waals surface area contributed by atoms with Crippen molar-refractivity contribution in [1.29, 1.82) is 0 Å². The molecule has 1 aliphatic carbocycles. The summed E-state index contributed by atoms with van der Waals surface area (Å²) in [6, 6.07) is 14.8. The van der Waals surface area contributed by atoms with Gasteiger partial charge in [-0.25, -0.2) is 0 Å². The minimum absolute atomic E-state index is 0.718. The highest BCUT2D eigenvalue weighted by Gasteiger charge is 2.48. The molecule has 0 heterocycles. The first-order chi connectivity index (χ1) is 11.0. The van der Waals surface area contributed by atoms with Gasteiger partial charge in [0, 0.05) is 18.0 Å². The van der Waals surface area contributed by atoms with Crippen LogP contribution in [-0.4, -0.2) is 4.32 Å². The fourth-order valence-electron chi connectivity index (χ4n) is 2.82. The second kappa shape index (κ2) is 3.71. The van der Waals surface area contributed by atoms with E-state index < -0.39 is 23.4 Å². The van der Waals surface area contributed by atoms with E-state index in [0.29, 0.717) is 0 Å². The first-order valence-electron chi connectivity index (χ1n) is 8.84. The molecular weight excluding hydrogens is 284 g/mol. The van der Waals surface area contributed by atoms with Crippen molar-refractivity contribution < 1.29 is 8.22 Å². The Balaban J connectivity index is 2.45. The van der Waals surface area contributed by atoms with Gasteiger partial charge in [0.15, 0.2) is 0 Å². The van der Waals surface area contributed by atoms with Gasteiger partial charge in [-0.2, -0.15) is 0 Å². The highest BCUT2D eigenvalue weighted by atomic mass is 79.9. The Morgan fingerprint density at radius 1 is 0.944 bits per heavy atom. The van der Waals surface area contributed by atoms with Crippen molar-refractivity contribution >= 4 is 15.9 Å². The minimum atomic E-state index is -2.74. The monoisotopic (exact) mass is 306 g/mol. The molecule has 0 N–H and O–H groups in total. The predicted molar refractivity (Wildman–Crippen MR) is 81.3 cm³/mol. The molecule has 0 saturated carbocycles. The molecule has 2 aromatic rings. The van der Waals surface area contributed by atoms with Crippen LogP contribution in [0.2, 0.25) is 0 Å². The van der Waals surface area contributed by atoms with Gasteiger partial charge in [-0.05, 0) is 36.0 Å². The topological polar surface area (TPSA) is 0 Å². The molecule has 0 bridgehead atoms. The van der Waals surface area contributed by atoms with E-state index in [1.54, 1.807) is 6.92 Å². The van der Waals surface area contributed by atoms with Crippen LogP contribution < -0.4 is 0 Å². The van der Waals surface area contributed by atoms with Gasteiger partial charge in [0.25, 0.3) is 0 Å². The summed E-state index contributed by atoms with van der Waals surface area (Å²) in [6.07, 6.45) is 0. The summed E-state index contributed by atoms with van der Waals surface area (Å²) in [7, 11) is 0. The van der Waals surface area contributed by atoms with Crippen LogP contribution in [0, 0.1) is 0 Å². The lowest BCUT2D eigenvalue weighted by molar-refractivity contribution is 0.467. The summed E-state index contributed by atoms with van der Waals surface area (Å²) in [5, 5.41) is 0. The van der Waals surface area contributed by atoms with Crippen LogP contribution in [0.3, 0.4) is 0 Å². The van der Waals surface area contributed by atoms with Crippen LogP contribution in [-0.2, 0) is 5.41 Å². The van der Waals surface area contributed by atoms with Crippen molar-refractivity contribution in [2.75, 3.05) is 0 Å². The minimum Gasteiger partial charge on any atom is -0.0846 e. The highest BCUT2D eigenvalue weighted by Crippen LogP contribution is 2.56. The number of hydrogen-bond donors (Lipinski definition) is 0. The molecule has 0 atom stereocenters. The zero-order chi connectivity index (χ0) is 18.0. The lowest BCUT2D eigenvalue weighted by atomic mass is 9.71. The summed E-state index contributed by atoms with van der Waals surface area (Å²) in [4.78, 5) is 0. The Morgan fingerprint density at radius 3 is 1.83 bits per heavy atom. The number of fused-ring (bicyclic) bond motifs is 3. The number of halogens is 1. The Kier molecular flexibility index (Phi) is 1.42. The van der Waals surface area contributed by atoms with Crippen molar-refractivity contribution in [1.82, 2.24) is 0 Å². The third kappa shape index (κ3) is 1.37. The molecule has 0 amide bonds. The summed E-state index contributed by atoms with van der Waals surface area (Å²) in [5.41, 5.74) is 1.97. The fraction of sp³-hybridized carbons (Fsp3) is 0.294. The van der Waals surface area contributed by atoms with Gasteiger partial charge in [0.2, 0.25) is 0 Å². The van der Waals surface area contributed by atoms with Gasteiger partial charge < -0.3 is 0 Å². The van der Waals surface area contributed by atoms with E-state index in [0.717, 1.165) is 22.3 Å². The lowest BCUT2D eigenvalue weighted by Gasteiger charge is -2.39. The van der Waals surface area contributed by atoms with E-state index >= 15 is 0 Å². The molecule has 18 heavy (non-hydrogen) atoms. The van der Waals surface area contributed by atoms with Crippen molar-refractivity contribution in [3.8, 4) is 11.1 Å². The molecule has 0 saturated heterocycles. The van der Waals surface area contributed by atoms with Crippen molar-refractivity contribution in [3.05, 3.63) is 59.7 Å². The lowest BCUT2D eigenvalue weighted by Crippen LogP contribution is -2.39. The van der Waals surface area contributed by atoms with E-state index in [-0.39, 0.29) is 0 Å². The van der Waals surface area contributed by atoms with E-state index in [4.69, 9.17) is 8.22 Å². The van der Waals surface area contributed by atoms with Crippen LogP contribution in [0.5, 0.6) is 0 Å². The van der Waals surface area contributed by atoms with Gasteiger partial charge in [-0.1, -0.05) is 71.4 Å². The molecule has 1 heteroatoms. The van der Waals surface area contributed by atoms with E-state index in [9.17, 15) is 0 Å². The maximum Gasteiger partial charge on any atom is 0.0336 e. The molecular formula is C17H17Br. The normalized spacial score (nSPS) is 22.6. The number of benzene rings is 2. The smallest absolute Gasteiger partial charge is 0.0336 e. The average Bonchev–Trinajstić information content (AvgIpc) is 2.76. The zero-order valence-electron chi connectivity index (χ0n) is 16.0. The fourth-order valence-corrected chi connectivity index (χ4v) is 3.25. The molecule has 92 valence electrons. The van der Waals surface area contributed by atoms with Gasteiger partial charge in [-0.15, -0.1) is 0 Å². The molecule has 0 aliphatic heterocycles. The van der Waals surface area contributed by atoms with Crippen LogP contribution in [0.4, 0.5) is 0 Å². The van der Waals surface area contributed by atoms with Crippen LogP contribution >= 0.6 is 15.9 Å². The largest absolute Gasteiger partial charge is 0.0846 e. The van der Waals surface area contributed by atoms with Crippen LogP contribution in [0.25, 0.3) is 11.1 Å². The average molecular weight is 307 g/mol. The molecule has 2 aromatic carbocycles. The molecule has 0 spiro atoms. The number of rotatable bonds is 1. The summed E-state index contributed by atoms with van der Waals surface area (Å²) >= 11 is 3.22. The first-order valence-corrected chi connectivity index (χ1v) is 6.64. The molecule has 0 unspecified atom stereocenters. The van der Waals surface area contributed by atoms with Crippen LogP contribution in [0.15, 0.2) is 48.5 Å². The molecule has 0 nitrogen and oxygen atoms in total. The molecule has 1 aliphatic rings. The van der Waals surface area contributed by atoms with E-state index in [1.807, 2.05) is 48.5 Å². The highest BCUT2D eigenvalue weighted by molar-refractivity contribution is 9.10. The van der Waals surface area contributed by atoms with Crippen molar-refractivity contribution in [2.45, 2.75) is 30.4 Å². The Labute approximate surface area is 126 Å². The maximum atomic E-state index is 8.04. The van der Waals surface area contributed by atoms with Gasteiger partial charge in [-0.3, -0.25) is 0 Å². The Morgan fingerprint density at radius 2 is 1.39 bits per heavy atom. The maximum absolute atomic E-state index is 8.04. The quantitative estimate of drug-likeness (QED) is 0.639. The Bertz CT molecular complexity index is 731. The molecule has 0 aromatic heterocycles. The predicted octanol–water partition coefficient (Wildman–Crippen LogP) is 5.15. The second-order valence-corrected chi connectivity index (χ2v) is 6.06. The summed E-state index contributed by atoms with van der Waals surface area (Å²) in [6.45, 7) is -3.76. The number of hydrogen-bond acceptors (Lipinski definition) is 0. The first kappa shape index (κ1) is 6.91. The Hall–Kier alpha value is -1.08. The van der Waals surface area contributed by atoms with E-state index in [1.165, 1.54) is 0 Å². The second-order valence-electron chi connectivity index (χ2n) is 4.87. The third-order valence-corrected chi connectivity index (χ3v) is 4.70. The molecule has 0 fully saturated rings.